The molecule has 1 amide bonds. The van der Waals surface area contributed by atoms with Gasteiger partial charge in [0.1, 0.15) is 6.61 Å². The topological polar surface area (TPSA) is 117 Å². The fraction of sp³-hybridized carbons (Fsp3) is 0.0952. The number of hydrogen-bond acceptors (Lipinski definition) is 7. The van der Waals surface area contributed by atoms with Crippen LogP contribution in [-0.2, 0) is 15.9 Å². The summed E-state index contributed by atoms with van der Waals surface area (Å²) in [6.07, 6.45) is -0.876. The second-order valence-electron chi connectivity index (χ2n) is 6.63. The molecule has 1 N–H and O–H groups in total. The van der Waals surface area contributed by atoms with Crippen LogP contribution in [0, 0.1) is 10.1 Å². The van der Waals surface area contributed by atoms with Crippen molar-refractivity contribution in [1.29, 1.82) is 0 Å². The summed E-state index contributed by atoms with van der Waals surface area (Å²) in [6, 6.07) is 20.9. The molecule has 3 aromatic rings. The van der Waals surface area contributed by atoms with Gasteiger partial charge in [0.15, 0.2) is 17.3 Å². The number of nitro benzene ring substituents is 1. The largest absolute Gasteiger partial charge is 0.457 e. The summed E-state index contributed by atoms with van der Waals surface area (Å²) in [4.78, 5) is 23.1. The fourth-order valence-corrected chi connectivity index (χ4v) is 4.92. The number of carbonyl (C=O) groups is 1. The van der Waals surface area contributed by atoms with E-state index < -0.39 is 24.4 Å². The predicted octanol–water partition coefficient (Wildman–Crippen LogP) is 5.18. The molecule has 0 saturated carbocycles. The van der Waals surface area contributed by atoms with E-state index in [0.29, 0.717) is 0 Å². The van der Waals surface area contributed by atoms with Crippen LogP contribution >= 0.6 is 7.60 Å². The number of para-hydroxylation sites is 2. The van der Waals surface area contributed by atoms with Gasteiger partial charge in [-0.2, -0.15) is 0 Å². The van der Waals surface area contributed by atoms with Crippen LogP contribution in [0.15, 0.2) is 78.9 Å². The zero-order valence-electron chi connectivity index (χ0n) is 16.0. The zero-order valence-corrected chi connectivity index (χ0v) is 16.9. The van der Waals surface area contributed by atoms with Gasteiger partial charge in [0.05, 0.1) is 4.92 Å². The number of alkyl carbamates (subject to hydrolysis) is 1. The number of hydrogen-bond donors (Lipinski definition) is 1. The van der Waals surface area contributed by atoms with Crippen molar-refractivity contribution in [3.63, 3.8) is 0 Å². The number of non-ortho nitro benzene ring substituents is 1. The number of fused-ring (bicyclic) bond motifs is 1. The third-order valence-electron chi connectivity index (χ3n) is 4.48. The maximum atomic E-state index is 13.6. The summed E-state index contributed by atoms with van der Waals surface area (Å²) in [5.74, 6) is -0.829. The number of nitro groups is 1. The van der Waals surface area contributed by atoms with Crippen LogP contribution in [0.25, 0.3) is 0 Å². The number of ether oxygens (including phenoxy) is 1. The highest BCUT2D eigenvalue weighted by Crippen LogP contribution is 2.65. The number of nitrogens with zero attached hydrogens (tertiary/aromatic N) is 1. The van der Waals surface area contributed by atoms with Gasteiger partial charge in [-0.25, -0.2) is 9.36 Å². The molecule has 10 heteroatoms. The summed E-state index contributed by atoms with van der Waals surface area (Å²) < 4.78 is 29.9. The first-order valence-corrected chi connectivity index (χ1v) is 10.9. The van der Waals surface area contributed by atoms with Crippen LogP contribution < -0.4 is 14.4 Å². The molecule has 0 saturated heterocycles. The fourth-order valence-electron chi connectivity index (χ4n) is 3.03. The predicted molar refractivity (Wildman–Crippen MR) is 111 cm³/mol. The summed E-state index contributed by atoms with van der Waals surface area (Å²) in [7, 11) is -4.02. The maximum Gasteiger partial charge on any atom is 0.457 e. The SMILES string of the molecule is O=C(NC(c1cccc([N+](=O)[O-])c1)P1(=O)Oc2ccccc2O1)OCc1ccccc1. The monoisotopic (exact) mass is 440 g/mol. The lowest BCUT2D eigenvalue weighted by atomic mass is 10.2. The molecule has 1 unspecified atom stereocenters. The number of amides is 1. The van der Waals surface area contributed by atoms with Crippen molar-refractivity contribution in [2.45, 2.75) is 12.4 Å². The maximum absolute atomic E-state index is 13.6. The molecular formula is C21H17N2O7P. The minimum Gasteiger partial charge on any atom is -0.445 e. The first kappa shape index (κ1) is 20.4. The van der Waals surface area contributed by atoms with E-state index >= 15 is 0 Å². The van der Waals surface area contributed by atoms with Crippen LogP contribution in [-0.4, -0.2) is 11.0 Å². The standard InChI is InChI=1S/C21H17N2O7P/c24-21(28-14-15-7-2-1-3-8-15)22-20(16-9-6-10-17(13-16)23(25)26)31(27)29-18-11-4-5-12-19(18)30-31/h1-13,20H,14H2,(H,22,24). The molecule has 3 aromatic carbocycles. The van der Waals surface area contributed by atoms with Gasteiger partial charge < -0.3 is 19.1 Å². The smallest absolute Gasteiger partial charge is 0.445 e. The third-order valence-corrected chi connectivity index (χ3v) is 6.44. The molecular weight excluding hydrogens is 423 g/mol. The van der Waals surface area contributed by atoms with E-state index in [2.05, 4.69) is 5.32 Å². The van der Waals surface area contributed by atoms with Crippen molar-refractivity contribution in [2.75, 3.05) is 0 Å². The van der Waals surface area contributed by atoms with Gasteiger partial charge in [0, 0.05) is 12.1 Å². The lowest BCUT2D eigenvalue weighted by molar-refractivity contribution is -0.384. The van der Waals surface area contributed by atoms with Crippen molar-refractivity contribution in [3.05, 3.63) is 100 Å². The molecule has 1 aliphatic heterocycles. The Bertz CT molecular complexity index is 1140. The number of rotatable bonds is 6. The molecule has 1 aliphatic rings. The highest BCUT2D eigenvalue weighted by Gasteiger charge is 2.47. The van der Waals surface area contributed by atoms with Crippen molar-refractivity contribution < 1.29 is 28.1 Å². The van der Waals surface area contributed by atoms with Gasteiger partial charge in [0.2, 0.25) is 0 Å². The molecule has 31 heavy (non-hydrogen) atoms. The average Bonchev–Trinajstić information content (AvgIpc) is 3.13. The van der Waals surface area contributed by atoms with Gasteiger partial charge in [-0.15, -0.1) is 0 Å². The number of carbonyl (C=O) groups excluding carboxylic acids is 1. The van der Waals surface area contributed by atoms with Crippen LogP contribution in [0.2, 0.25) is 0 Å². The van der Waals surface area contributed by atoms with E-state index in [1.54, 1.807) is 48.5 Å². The van der Waals surface area contributed by atoms with E-state index in [4.69, 9.17) is 13.8 Å². The van der Waals surface area contributed by atoms with E-state index in [1.165, 1.54) is 24.3 Å². The van der Waals surface area contributed by atoms with E-state index in [1.807, 2.05) is 6.07 Å². The van der Waals surface area contributed by atoms with Gasteiger partial charge >= 0.3 is 13.7 Å². The Kier molecular flexibility index (Phi) is 5.60. The Morgan fingerprint density at radius 1 is 1.00 bits per heavy atom. The molecule has 0 radical (unpaired) electrons. The molecule has 0 aromatic heterocycles. The first-order chi connectivity index (χ1) is 14.9. The summed E-state index contributed by atoms with van der Waals surface area (Å²) in [5, 5.41) is 13.7. The quantitative estimate of drug-likeness (QED) is 0.319. The molecule has 0 aliphatic carbocycles. The average molecular weight is 440 g/mol. The summed E-state index contributed by atoms with van der Waals surface area (Å²) in [6.45, 7) is -0.0133. The van der Waals surface area contributed by atoms with Crippen molar-refractivity contribution in [2.24, 2.45) is 0 Å². The highest BCUT2D eigenvalue weighted by atomic mass is 31.2. The van der Waals surface area contributed by atoms with Crippen molar-refractivity contribution in [1.82, 2.24) is 5.32 Å². The highest BCUT2D eigenvalue weighted by molar-refractivity contribution is 7.55. The van der Waals surface area contributed by atoms with E-state index in [0.717, 1.165) is 5.56 Å². The van der Waals surface area contributed by atoms with Gasteiger partial charge in [0.25, 0.3) is 5.69 Å². The van der Waals surface area contributed by atoms with Crippen molar-refractivity contribution in [3.8, 4) is 11.5 Å². The molecule has 1 atom stereocenters. The van der Waals surface area contributed by atoms with Crippen LogP contribution in [0.1, 0.15) is 16.9 Å². The minimum atomic E-state index is -4.02. The minimum absolute atomic E-state index is 0.0133. The lowest BCUT2D eigenvalue weighted by Gasteiger charge is -2.22. The van der Waals surface area contributed by atoms with Gasteiger partial charge in [-0.3, -0.25) is 10.1 Å². The van der Waals surface area contributed by atoms with Crippen LogP contribution in [0.3, 0.4) is 0 Å². The Balaban J connectivity index is 1.60. The second-order valence-corrected chi connectivity index (χ2v) is 8.59. The molecule has 0 fully saturated rings. The Labute approximate surface area is 177 Å². The number of benzene rings is 3. The van der Waals surface area contributed by atoms with E-state index in [-0.39, 0.29) is 29.4 Å². The molecule has 9 nitrogen and oxygen atoms in total. The third kappa shape index (κ3) is 4.51. The molecule has 0 spiro atoms. The molecule has 0 bridgehead atoms. The normalized spacial score (nSPS) is 14.5. The van der Waals surface area contributed by atoms with Gasteiger partial charge in [-0.1, -0.05) is 54.6 Å². The zero-order chi connectivity index (χ0) is 21.8. The molecule has 4 rings (SSSR count). The summed E-state index contributed by atoms with van der Waals surface area (Å²) >= 11 is 0. The Morgan fingerprint density at radius 3 is 2.29 bits per heavy atom. The number of nitrogens with one attached hydrogen (secondary N) is 1. The second kappa shape index (κ2) is 8.49. The molecule has 158 valence electrons. The molecule has 1 heterocycles. The van der Waals surface area contributed by atoms with Gasteiger partial charge in [-0.05, 0) is 23.3 Å². The van der Waals surface area contributed by atoms with Crippen LogP contribution in [0.4, 0.5) is 10.5 Å². The van der Waals surface area contributed by atoms with Crippen LogP contribution in [0.5, 0.6) is 11.5 Å². The van der Waals surface area contributed by atoms with Crippen molar-refractivity contribution >= 4 is 19.4 Å². The Morgan fingerprint density at radius 2 is 1.65 bits per heavy atom. The lowest BCUT2D eigenvalue weighted by Crippen LogP contribution is -2.30. The summed E-state index contributed by atoms with van der Waals surface area (Å²) in [5.41, 5.74) is 0.712. The van der Waals surface area contributed by atoms with E-state index in [9.17, 15) is 19.5 Å². The first-order valence-electron chi connectivity index (χ1n) is 9.24. The Hall–Kier alpha value is -3.84.